The van der Waals surface area contributed by atoms with Crippen molar-refractivity contribution in [3.63, 3.8) is 0 Å². The Hall–Kier alpha value is -3.14. The quantitative estimate of drug-likeness (QED) is 0.600. The minimum Gasteiger partial charge on any atom is -0.497 e. The Morgan fingerprint density at radius 1 is 1.10 bits per heavy atom. The van der Waals surface area contributed by atoms with Gasteiger partial charge in [-0.1, -0.05) is 11.3 Å². The van der Waals surface area contributed by atoms with Gasteiger partial charge < -0.3 is 14.0 Å². The Labute approximate surface area is 166 Å². The Kier molecular flexibility index (Phi) is 5.73. The first-order valence-corrected chi connectivity index (χ1v) is 9.05. The maximum atomic E-state index is 12.7. The first-order chi connectivity index (χ1) is 13.7. The number of carbonyl (C=O) groups is 2. The second-order valence-corrected chi connectivity index (χ2v) is 6.88. The van der Waals surface area contributed by atoms with E-state index in [2.05, 4.69) is 4.99 Å². The number of ether oxygens (including phenoxy) is 2. The van der Waals surface area contributed by atoms with E-state index >= 15 is 0 Å². The summed E-state index contributed by atoms with van der Waals surface area (Å²) >= 11 is 1.14. The summed E-state index contributed by atoms with van der Waals surface area (Å²) in [5.41, 5.74) is -0.221. The number of nitrogens with zero attached hydrogens (tertiary/aromatic N) is 2. The van der Waals surface area contributed by atoms with Crippen molar-refractivity contribution in [1.29, 1.82) is 0 Å². The van der Waals surface area contributed by atoms with Crippen molar-refractivity contribution in [2.45, 2.75) is 12.7 Å². The van der Waals surface area contributed by atoms with Gasteiger partial charge in [-0.3, -0.25) is 9.59 Å². The molecule has 10 heteroatoms. The molecule has 0 aliphatic heterocycles. The van der Waals surface area contributed by atoms with Crippen molar-refractivity contribution in [2.24, 2.45) is 4.99 Å². The average molecular weight is 424 g/mol. The van der Waals surface area contributed by atoms with Crippen LogP contribution in [-0.2, 0) is 22.3 Å². The van der Waals surface area contributed by atoms with E-state index in [0.717, 1.165) is 35.6 Å². The van der Waals surface area contributed by atoms with Crippen LogP contribution in [-0.4, -0.2) is 30.7 Å². The van der Waals surface area contributed by atoms with Crippen molar-refractivity contribution in [1.82, 2.24) is 4.57 Å². The highest BCUT2D eigenvalue weighted by molar-refractivity contribution is 7.16. The number of methoxy groups -OCH3 is 2. The Morgan fingerprint density at radius 3 is 2.38 bits per heavy atom. The number of alkyl halides is 3. The van der Waals surface area contributed by atoms with Crippen molar-refractivity contribution >= 4 is 33.4 Å². The average Bonchev–Trinajstić information content (AvgIpc) is 3.03. The highest BCUT2D eigenvalue weighted by Crippen LogP contribution is 2.29. The third-order valence-electron chi connectivity index (χ3n) is 4.06. The first kappa shape index (κ1) is 20.6. The Balaban J connectivity index is 2.06. The molecule has 0 N–H and O–H groups in total. The normalized spacial score (nSPS) is 12.2. The molecule has 6 nitrogen and oxygen atoms in total. The summed E-state index contributed by atoms with van der Waals surface area (Å²) in [5.74, 6) is -0.676. The lowest BCUT2D eigenvalue weighted by molar-refractivity contribution is -0.141. The van der Waals surface area contributed by atoms with Crippen LogP contribution >= 0.6 is 11.3 Å². The molecule has 1 heterocycles. The molecule has 0 saturated heterocycles. The fraction of sp³-hybridized carbons (Fsp3) is 0.211. The molecule has 2 aromatic carbocycles. The third kappa shape index (κ3) is 4.48. The number of carbonyl (C=O) groups excluding carboxylic acids is 2. The predicted octanol–water partition coefficient (Wildman–Crippen LogP) is 3.64. The number of benzene rings is 2. The summed E-state index contributed by atoms with van der Waals surface area (Å²) in [6.07, 6.45) is -4.49. The fourth-order valence-corrected chi connectivity index (χ4v) is 3.62. The lowest BCUT2D eigenvalue weighted by Crippen LogP contribution is -2.22. The van der Waals surface area contributed by atoms with Crippen LogP contribution in [0.2, 0.25) is 0 Å². The second kappa shape index (κ2) is 8.08. The molecule has 0 radical (unpaired) electrons. The lowest BCUT2D eigenvalue weighted by atomic mass is 10.1. The molecule has 152 valence electrons. The Morgan fingerprint density at radius 2 is 1.79 bits per heavy atom. The van der Waals surface area contributed by atoms with E-state index in [-0.39, 0.29) is 16.9 Å². The summed E-state index contributed by atoms with van der Waals surface area (Å²) in [5, 5.41) is 0. The third-order valence-corrected chi connectivity index (χ3v) is 5.10. The molecule has 1 aromatic heterocycles. The molecule has 3 aromatic rings. The molecular weight excluding hydrogens is 409 g/mol. The van der Waals surface area contributed by atoms with Gasteiger partial charge in [0.15, 0.2) is 4.80 Å². The second-order valence-electron chi connectivity index (χ2n) is 5.87. The number of amides is 1. The number of hydrogen-bond acceptors (Lipinski definition) is 5. The van der Waals surface area contributed by atoms with Gasteiger partial charge in [0.05, 0.1) is 30.0 Å². The molecule has 0 aliphatic rings. The predicted molar refractivity (Wildman–Crippen MR) is 99.7 cm³/mol. The fourth-order valence-electron chi connectivity index (χ4n) is 2.57. The molecule has 0 bridgehead atoms. The van der Waals surface area contributed by atoms with Gasteiger partial charge in [-0.05, 0) is 42.5 Å². The van der Waals surface area contributed by atoms with Gasteiger partial charge in [0, 0.05) is 5.56 Å². The molecular formula is C19H15F3N2O4S. The number of fused-ring (bicyclic) bond motifs is 1. The number of hydrogen-bond donors (Lipinski definition) is 0. The number of esters is 1. The maximum Gasteiger partial charge on any atom is 0.416 e. The number of thiazole rings is 1. The highest BCUT2D eigenvalue weighted by atomic mass is 32.1. The lowest BCUT2D eigenvalue weighted by Gasteiger charge is -2.06. The molecule has 0 aliphatic carbocycles. The zero-order chi connectivity index (χ0) is 21.2. The Bertz CT molecular complexity index is 1130. The molecule has 0 fully saturated rings. The van der Waals surface area contributed by atoms with Gasteiger partial charge in [-0.2, -0.15) is 18.2 Å². The molecule has 3 rings (SSSR count). The minimum absolute atomic E-state index is 0.00217. The van der Waals surface area contributed by atoms with Crippen molar-refractivity contribution in [2.75, 3.05) is 14.2 Å². The van der Waals surface area contributed by atoms with Crippen LogP contribution in [0.4, 0.5) is 13.2 Å². The van der Waals surface area contributed by atoms with E-state index in [0.29, 0.717) is 16.0 Å². The zero-order valence-corrected chi connectivity index (χ0v) is 16.1. The van der Waals surface area contributed by atoms with Crippen LogP contribution in [0, 0.1) is 0 Å². The molecule has 0 spiro atoms. The maximum absolute atomic E-state index is 12.7. The zero-order valence-electron chi connectivity index (χ0n) is 15.3. The van der Waals surface area contributed by atoms with Crippen LogP contribution in [0.25, 0.3) is 10.2 Å². The van der Waals surface area contributed by atoms with Crippen LogP contribution in [0.15, 0.2) is 47.5 Å². The van der Waals surface area contributed by atoms with Crippen LogP contribution in [0.3, 0.4) is 0 Å². The topological polar surface area (TPSA) is 69.9 Å². The van der Waals surface area contributed by atoms with Gasteiger partial charge in [0.25, 0.3) is 5.91 Å². The molecule has 0 unspecified atom stereocenters. The number of aromatic nitrogens is 1. The summed E-state index contributed by atoms with van der Waals surface area (Å²) < 4.78 is 50.2. The summed E-state index contributed by atoms with van der Waals surface area (Å²) in [4.78, 5) is 28.5. The van der Waals surface area contributed by atoms with Crippen molar-refractivity contribution in [3.8, 4) is 5.75 Å². The monoisotopic (exact) mass is 424 g/mol. The van der Waals surface area contributed by atoms with E-state index in [1.807, 2.05) is 0 Å². The highest BCUT2D eigenvalue weighted by Gasteiger charge is 2.30. The van der Waals surface area contributed by atoms with Crippen LogP contribution in [0.1, 0.15) is 15.9 Å². The van der Waals surface area contributed by atoms with Gasteiger partial charge >= 0.3 is 12.1 Å². The van der Waals surface area contributed by atoms with Crippen molar-refractivity contribution < 1.29 is 32.2 Å². The van der Waals surface area contributed by atoms with E-state index in [9.17, 15) is 22.8 Å². The van der Waals surface area contributed by atoms with Gasteiger partial charge in [-0.25, -0.2) is 0 Å². The summed E-state index contributed by atoms with van der Waals surface area (Å²) in [6.45, 7) is -0.179. The van der Waals surface area contributed by atoms with Gasteiger partial charge in [0.1, 0.15) is 12.3 Å². The van der Waals surface area contributed by atoms with E-state index in [1.165, 1.54) is 18.8 Å². The van der Waals surface area contributed by atoms with Crippen molar-refractivity contribution in [3.05, 3.63) is 58.4 Å². The first-order valence-electron chi connectivity index (χ1n) is 8.23. The van der Waals surface area contributed by atoms with Gasteiger partial charge in [-0.15, -0.1) is 0 Å². The summed E-state index contributed by atoms with van der Waals surface area (Å²) in [6, 6.07) is 8.92. The van der Waals surface area contributed by atoms with Crippen LogP contribution < -0.4 is 9.54 Å². The molecule has 0 atom stereocenters. The van der Waals surface area contributed by atoms with E-state index in [4.69, 9.17) is 9.47 Å². The molecule has 29 heavy (non-hydrogen) atoms. The minimum atomic E-state index is -4.49. The van der Waals surface area contributed by atoms with Crippen LogP contribution in [0.5, 0.6) is 5.75 Å². The SMILES string of the molecule is COC(=O)Cn1c(=NC(=O)c2ccc(C(F)(F)F)cc2)sc2cc(OC)ccc21. The number of halogens is 3. The smallest absolute Gasteiger partial charge is 0.416 e. The van der Waals surface area contributed by atoms with E-state index < -0.39 is 23.6 Å². The standard InChI is InChI=1S/C19H15F3N2O4S/c1-27-13-7-8-14-15(9-13)29-18(24(14)10-16(25)28-2)23-17(26)11-3-5-12(6-4-11)19(20,21)22/h3-9H,10H2,1-2H3. The summed E-state index contributed by atoms with van der Waals surface area (Å²) in [7, 11) is 2.75. The van der Waals surface area contributed by atoms with Gasteiger partial charge in [0.2, 0.25) is 0 Å². The molecule has 0 saturated carbocycles. The largest absolute Gasteiger partial charge is 0.497 e. The number of rotatable bonds is 4. The molecule has 1 amide bonds. The van der Waals surface area contributed by atoms with E-state index in [1.54, 1.807) is 18.2 Å².